The minimum atomic E-state index is -0.657. The smallest absolute Gasteiger partial charge is 0.408 e. The lowest BCUT2D eigenvalue weighted by molar-refractivity contribution is -0.118. The molecule has 0 bridgehead atoms. The van der Waals surface area contributed by atoms with E-state index < -0.39 is 17.7 Å². The summed E-state index contributed by atoms with van der Waals surface area (Å²) in [7, 11) is 0. The molecule has 1 aliphatic rings. The van der Waals surface area contributed by atoms with Gasteiger partial charge in [0.25, 0.3) is 0 Å². The van der Waals surface area contributed by atoms with Crippen LogP contribution in [0.15, 0.2) is 18.2 Å². The number of fused-ring (bicyclic) bond motifs is 1. The van der Waals surface area contributed by atoms with Gasteiger partial charge in [-0.1, -0.05) is 0 Å². The van der Waals surface area contributed by atoms with Gasteiger partial charge in [0, 0.05) is 11.3 Å². The van der Waals surface area contributed by atoms with Crippen molar-refractivity contribution < 1.29 is 14.3 Å². The summed E-state index contributed by atoms with van der Waals surface area (Å²) in [6.07, 6.45) is 0.472. The molecule has 0 fully saturated rings. The predicted molar refractivity (Wildman–Crippen MR) is 89.7 cm³/mol. The van der Waals surface area contributed by atoms with E-state index in [1.807, 2.05) is 12.1 Å². The van der Waals surface area contributed by atoms with Crippen molar-refractivity contribution in [2.45, 2.75) is 45.3 Å². The number of tetrazole rings is 1. The zero-order valence-electron chi connectivity index (χ0n) is 14.3. The molecule has 0 saturated carbocycles. The Morgan fingerprint density at radius 1 is 1.36 bits per heavy atom. The fraction of sp³-hybridized carbons (Fsp3) is 0.438. The maximum Gasteiger partial charge on any atom is 0.408 e. The number of aryl methyl sites for hydroxylation is 1. The third kappa shape index (κ3) is 4.11. The Bertz CT molecular complexity index is 782. The number of amides is 2. The Morgan fingerprint density at radius 3 is 2.84 bits per heavy atom. The standard InChI is InChI=1S/C16H20N6O3/c1-16(2,3)25-15(24)18-12-7-4-9-8-10(13-19-21-22-20-13)5-6-11(9)17-14(12)23/h5-6,8,12H,4,7H2,1-3H3,(H,17,23)(H,18,24)(H,19,20,21,22). The zero-order chi connectivity index (χ0) is 18.0. The first kappa shape index (κ1) is 16.9. The number of ether oxygens (including phenoxy) is 1. The van der Waals surface area contributed by atoms with Gasteiger partial charge in [0.2, 0.25) is 11.7 Å². The number of hydrogen-bond acceptors (Lipinski definition) is 6. The second-order valence-electron chi connectivity index (χ2n) is 6.83. The normalized spacial score (nSPS) is 17.2. The van der Waals surface area contributed by atoms with Crippen LogP contribution in [0.3, 0.4) is 0 Å². The molecular formula is C16H20N6O3. The highest BCUT2D eigenvalue weighted by molar-refractivity contribution is 5.98. The third-order valence-electron chi connectivity index (χ3n) is 3.68. The highest BCUT2D eigenvalue weighted by atomic mass is 16.6. The number of carbonyl (C=O) groups excluding carboxylic acids is 2. The van der Waals surface area contributed by atoms with Crippen molar-refractivity contribution in [3.63, 3.8) is 0 Å². The molecule has 1 atom stereocenters. The lowest BCUT2D eigenvalue weighted by Crippen LogP contribution is -2.45. The van der Waals surface area contributed by atoms with E-state index in [9.17, 15) is 9.59 Å². The molecule has 1 aliphatic heterocycles. The van der Waals surface area contributed by atoms with Gasteiger partial charge in [-0.3, -0.25) is 4.79 Å². The van der Waals surface area contributed by atoms with Gasteiger partial charge in [0.05, 0.1) is 0 Å². The summed E-state index contributed by atoms with van der Waals surface area (Å²) in [6, 6.07) is 4.87. The Morgan fingerprint density at radius 2 is 2.16 bits per heavy atom. The Labute approximate surface area is 144 Å². The van der Waals surface area contributed by atoms with Crippen LogP contribution in [0.1, 0.15) is 32.8 Å². The molecule has 0 aliphatic carbocycles. The Hall–Kier alpha value is -2.97. The van der Waals surface area contributed by atoms with Gasteiger partial charge >= 0.3 is 6.09 Å². The van der Waals surface area contributed by atoms with Gasteiger partial charge in [-0.2, -0.15) is 5.21 Å². The second-order valence-corrected chi connectivity index (χ2v) is 6.83. The Kier molecular flexibility index (Phi) is 4.39. The van der Waals surface area contributed by atoms with Gasteiger partial charge in [-0.25, -0.2) is 4.79 Å². The largest absolute Gasteiger partial charge is 0.444 e. The molecule has 9 heteroatoms. The summed E-state index contributed by atoms with van der Waals surface area (Å²) in [5, 5.41) is 19.3. The zero-order valence-corrected chi connectivity index (χ0v) is 14.3. The first-order valence-corrected chi connectivity index (χ1v) is 7.99. The summed E-state index contributed by atoms with van der Waals surface area (Å²) in [4.78, 5) is 24.3. The molecular weight excluding hydrogens is 324 g/mol. The van der Waals surface area contributed by atoms with Crippen LogP contribution in [0.5, 0.6) is 0 Å². The highest BCUT2D eigenvalue weighted by Crippen LogP contribution is 2.26. The van der Waals surface area contributed by atoms with E-state index in [2.05, 4.69) is 31.3 Å². The second kappa shape index (κ2) is 6.50. The topological polar surface area (TPSA) is 122 Å². The van der Waals surface area contributed by atoms with E-state index in [0.717, 1.165) is 11.1 Å². The third-order valence-corrected chi connectivity index (χ3v) is 3.68. The van der Waals surface area contributed by atoms with E-state index in [1.165, 1.54) is 0 Å². The van der Waals surface area contributed by atoms with Crippen LogP contribution in [0.4, 0.5) is 10.5 Å². The molecule has 1 aromatic heterocycles. The van der Waals surface area contributed by atoms with Crippen molar-refractivity contribution in [1.29, 1.82) is 0 Å². The number of benzene rings is 1. The van der Waals surface area contributed by atoms with E-state index >= 15 is 0 Å². The van der Waals surface area contributed by atoms with Gasteiger partial charge in [0.1, 0.15) is 11.6 Å². The number of alkyl carbamates (subject to hydrolysis) is 1. The summed E-state index contributed by atoms with van der Waals surface area (Å²) in [5.74, 6) is 0.221. The maximum atomic E-state index is 12.4. The number of anilines is 1. The van der Waals surface area contributed by atoms with Gasteiger partial charge in [-0.05, 0) is 62.6 Å². The van der Waals surface area contributed by atoms with Crippen molar-refractivity contribution in [3.8, 4) is 11.4 Å². The first-order valence-electron chi connectivity index (χ1n) is 7.99. The monoisotopic (exact) mass is 344 g/mol. The predicted octanol–water partition coefficient (Wildman–Crippen LogP) is 1.64. The van der Waals surface area contributed by atoms with Crippen LogP contribution in [0.2, 0.25) is 0 Å². The van der Waals surface area contributed by atoms with Crippen LogP contribution < -0.4 is 10.6 Å². The molecule has 25 heavy (non-hydrogen) atoms. The average molecular weight is 344 g/mol. The van der Waals surface area contributed by atoms with Gasteiger partial charge in [0.15, 0.2) is 0 Å². The molecule has 0 saturated heterocycles. The summed E-state index contributed by atoms with van der Waals surface area (Å²) >= 11 is 0. The van der Waals surface area contributed by atoms with Crippen molar-refractivity contribution in [3.05, 3.63) is 23.8 Å². The molecule has 0 radical (unpaired) electrons. The summed E-state index contributed by atoms with van der Waals surface area (Å²) in [6.45, 7) is 5.32. The van der Waals surface area contributed by atoms with Crippen LogP contribution in [0, 0.1) is 0 Å². The molecule has 3 N–H and O–H groups in total. The number of hydrogen-bond donors (Lipinski definition) is 3. The minimum absolute atomic E-state index is 0.267. The fourth-order valence-corrected chi connectivity index (χ4v) is 2.58. The molecule has 132 valence electrons. The van der Waals surface area contributed by atoms with Crippen molar-refractivity contribution in [2.24, 2.45) is 0 Å². The molecule has 3 rings (SSSR count). The summed E-state index contributed by atoms with van der Waals surface area (Å²) in [5.41, 5.74) is 1.85. The lowest BCUT2D eigenvalue weighted by Gasteiger charge is -2.22. The van der Waals surface area contributed by atoms with Crippen LogP contribution in [-0.2, 0) is 16.0 Å². The van der Waals surface area contributed by atoms with Crippen molar-refractivity contribution in [2.75, 3.05) is 5.32 Å². The van der Waals surface area contributed by atoms with Gasteiger partial charge < -0.3 is 15.4 Å². The van der Waals surface area contributed by atoms with Gasteiger partial charge in [-0.15, -0.1) is 10.2 Å². The SMILES string of the molecule is CC(C)(C)OC(=O)NC1CCc2cc(-c3nn[nH]n3)ccc2NC1=O. The number of rotatable bonds is 2. The van der Waals surface area contributed by atoms with E-state index in [0.29, 0.717) is 24.4 Å². The fourth-order valence-electron chi connectivity index (χ4n) is 2.58. The minimum Gasteiger partial charge on any atom is -0.444 e. The molecule has 2 amide bonds. The first-order chi connectivity index (χ1) is 11.8. The number of aromatic nitrogens is 4. The molecule has 1 aromatic carbocycles. The van der Waals surface area contributed by atoms with Crippen LogP contribution >= 0.6 is 0 Å². The Balaban J connectivity index is 1.73. The summed E-state index contributed by atoms with van der Waals surface area (Å²) < 4.78 is 5.22. The molecule has 9 nitrogen and oxygen atoms in total. The van der Waals surface area contributed by atoms with Crippen molar-refractivity contribution in [1.82, 2.24) is 25.9 Å². The van der Waals surface area contributed by atoms with Crippen molar-refractivity contribution >= 4 is 17.7 Å². The van der Waals surface area contributed by atoms with E-state index in [-0.39, 0.29) is 5.91 Å². The molecule has 0 spiro atoms. The maximum absolute atomic E-state index is 12.4. The molecule has 2 aromatic rings. The van der Waals surface area contributed by atoms with Crippen LogP contribution in [0.25, 0.3) is 11.4 Å². The number of carbonyl (C=O) groups is 2. The van der Waals surface area contributed by atoms with E-state index in [4.69, 9.17) is 4.74 Å². The average Bonchev–Trinajstić information content (AvgIpc) is 3.00. The number of nitrogens with zero attached hydrogens (tertiary/aromatic N) is 3. The number of nitrogens with one attached hydrogen (secondary N) is 3. The van der Waals surface area contributed by atoms with E-state index in [1.54, 1.807) is 26.8 Å². The quantitative estimate of drug-likeness (QED) is 0.761. The lowest BCUT2D eigenvalue weighted by atomic mass is 10.0. The van der Waals surface area contributed by atoms with Crippen LogP contribution in [-0.4, -0.2) is 44.3 Å². The highest BCUT2D eigenvalue weighted by Gasteiger charge is 2.27. The number of aromatic amines is 1. The number of H-pyrrole nitrogens is 1. The molecule has 2 heterocycles. The molecule has 1 unspecified atom stereocenters.